The van der Waals surface area contributed by atoms with E-state index < -0.39 is 0 Å². The standard InChI is InChI=1S/C26H25N.C2H6/c1-17-6-10-23(22-9-11-26-24(16-22)18(2)12-13-27-26)25(14-17)21-5-3-4-20(15-21)19-7-8-19;1-2/h3-6,9-13,15-17,19H,7-8,14H2,1-2H3;1-2H3. The van der Waals surface area contributed by atoms with Crippen LogP contribution in [0, 0.1) is 12.8 Å². The molecule has 2 aliphatic carbocycles. The molecule has 0 saturated heterocycles. The number of allylic oxidation sites excluding steroid dienone is 4. The van der Waals surface area contributed by atoms with Crippen molar-refractivity contribution in [2.75, 3.05) is 0 Å². The molecule has 2 aliphatic rings. The predicted octanol–water partition coefficient (Wildman–Crippen LogP) is 7.95. The summed E-state index contributed by atoms with van der Waals surface area (Å²) in [6.45, 7) is 8.48. The molecule has 1 fully saturated rings. The lowest BCUT2D eigenvalue weighted by atomic mass is 9.83. The third-order valence-electron chi connectivity index (χ3n) is 6.00. The van der Waals surface area contributed by atoms with Gasteiger partial charge in [-0.05, 0) is 89.6 Å². The number of hydrogen-bond acceptors (Lipinski definition) is 1. The van der Waals surface area contributed by atoms with Gasteiger partial charge in [-0.25, -0.2) is 0 Å². The lowest BCUT2D eigenvalue weighted by Crippen LogP contribution is -2.02. The fraction of sp³-hybridized carbons (Fsp3) is 0.321. The van der Waals surface area contributed by atoms with E-state index in [2.05, 4.69) is 79.5 Å². The first-order chi connectivity index (χ1) is 14.2. The summed E-state index contributed by atoms with van der Waals surface area (Å²) in [6, 6.07) is 18.1. The van der Waals surface area contributed by atoms with Crippen molar-refractivity contribution in [3.05, 3.63) is 89.1 Å². The van der Waals surface area contributed by atoms with Crippen molar-refractivity contribution in [2.24, 2.45) is 5.92 Å². The van der Waals surface area contributed by atoms with Gasteiger partial charge in [0.2, 0.25) is 0 Å². The second-order valence-corrected chi connectivity index (χ2v) is 8.19. The largest absolute Gasteiger partial charge is 0.256 e. The Morgan fingerprint density at radius 1 is 0.931 bits per heavy atom. The second-order valence-electron chi connectivity index (χ2n) is 8.19. The predicted molar refractivity (Wildman–Crippen MR) is 126 cm³/mol. The third-order valence-corrected chi connectivity index (χ3v) is 6.00. The molecule has 0 spiro atoms. The van der Waals surface area contributed by atoms with Crippen molar-refractivity contribution in [1.82, 2.24) is 4.98 Å². The van der Waals surface area contributed by atoms with Crippen LogP contribution < -0.4 is 0 Å². The Labute approximate surface area is 175 Å². The van der Waals surface area contributed by atoms with Crippen LogP contribution in [0.25, 0.3) is 22.0 Å². The van der Waals surface area contributed by atoms with E-state index >= 15 is 0 Å². The highest BCUT2D eigenvalue weighted by atomic mass is 14.6. The highest BCUT2D eigenvalue weighted by molar-refractivity contribution is 5.99. The van der Waals surface area contributed by atoms with E-state index in [4.69, 9.17) is 0 Å². The highest BCUT2D eigenvalue weighted by Gasteiger charge is 2.24. The van der Waals surface area contributed by atoms with Crippen LogP contribution in [0.4, 0.5) is 0 Å². The summed E-state index contributed by atoms with van der Waals surface area (Å²) in [7, 11) is 0. The molecule has 5 rings (SSSR count). The van der Waals surface area contributed by atoms with Crippen molar-refractivity contribution in [3.63, 3.8) is 0 Å². The minimum atomic E-state index is 0.581. The Kier molecular flexibility index (Phi) is 5.67. The van der Waals surface area contributed by atoms with E-state index in [1.165, 1.54) is 51.6 Å². The molecule has 3 aromatic rings. The van der Waals surface area contributed by atoms with Gasteiger partial charge in [0.25, 0.3) is 0 Å². The van der Waals surface area contributed by atoms with Gasteiger partial charge in [-0.3, -0.25) is 4.98 Å². The lowest BCUT2D eigenvalue weighted by molar-refractivity contribution is 0.750. The molecule has 0 aliphatic heterocycles. The Morgan fingerprint density at radius 3 is 2.55 bits per heavy atom. The Morgan fingerprint density at radius 2 is 1.76 bits per heavy atom. The van der Waals surface area contributed by atoms with Gasteiger partial charge in [0.1, 0.15) is 0 Å². The second kappa shape index (κ2) is 8.37. The highest BCUT2D eigenvalue weighted by Crippen LogP contribution is 2.43. The van der Waals surface area contributed by atoms with Gasteiger partial charge < -0.3 is 0 Å². The van der Waals surface area contributed by atoms with Gasteiger partial charge in [0.15, 0.2) is 0 Å². The van der Waals surface area contributed by atoms with Crippen LogP contribution in [-0.2, 0) is 0 Å². The van der Waals surface area contributed by atoms with Crippen molar-refractivity contribution in [3.8, 4) is 0 Å². The zero-order valence-electron chi connectivity index (χ0n) is 18.1. The molecule has 1 unspecified atom stereocenters. The Balaban J connectivity index is 0.000000994. The van der Waals surface area contributed by atoms with Crippen molar-refractivity contribution >= 4 is 22.0 Å². The molecular weight excluding hydrogens is 350 g/mol. The molecule has 2 aromatic carbocycles. The van der Waals surface area contributed by atoms with Gasteiger partial charge in [0.05, 0.1) is 5.52 Å². The Bertz CT molecular complexity index is 1080. The molecule has 1 aromatic heterocycles. The number of rotatable bonds is 3. The maximum absolute atomic E-state index is 4.52. The molecule has 1 saturated carbocycles. The molecule has 0 amide bonds. The number of pyridine rings is 1. The fourth-order valence-electron chi connectivity index (χ4n) is 4.25. The quantitative estimate of drug-likeness (QED) is 0.448. The van der Waals surface area contributed by atoms with E-state index in [9.17, 15) is 0 Å². The SMILES string of the molecule is CC.Cc1ccnc2ccc(C3=C(c4cccc(C5CC5)c4)CC(C)C=C3)cc12. The van der Waals surface area contributed by atoms with Crippen LogP contribution in [0.2, 0.25) is 0 Å². The van der Waals surface area contributed by atoms with Crippen LogP contribution >= 0.6 is 0 Å². The van der Waals surface area contributed by atoms with E-state index in [-0.39, 0.29) is 0 Å². The monoisotopic (exact) mass is 381 g/mol. The lowest BCUT2D eigenvalue weighted by Gasteiger charge is -2.22. The first-order valence-corrected chi connectivity index (χ1v) is 11.1. The number of aryl methyl sites for hydroxylation is 1. The summed E-state index contributed by atoms with van der Waals surface area (Å²) < 4.78 is 0. The first-order valence-electron chi connectivity index (χ1n) is 11.1. The first kappa shape index (κ1) is 19.6. The minimum Gasteiger partial charge on any atom is -0.256 e. The van der Waals surface area contributed by atoms with Gasteiger partial charge in [0, 0.05) is 11.6 Å². The van der Waals surface area contributed by atoms with Gasteiger partial charge in [-0.2, -0.15) is 0 Å². The van der Waals surface area contributed by atoms with Crippen LogP contribution in [0.1, 0.15) is 68.2 Å². The van der Waals surface area contributed by atoms with Crippen molar-refractivity contribution in [2.45, 2.75) is 52.9 Å². The van der Waals surface area contributed by atoms with E-state index in [0.717, 1.165) is 17.9 Å². The zero-order valence-corrected chi connectivity index (χ0v) is 18.1. The average Bonchev–Trinajstić information content (AvgIpc) is 3.61. The number of benzene rings is 2. The van der Waals surface area contributed by atoms with Gasteiger partial charge in [-0.15, -0.1) is 0 Å². The van der Waals surface area contributed by atoms with Crippen LogP contribution in [0.15, 0.2) is 66.9 Å². The minimum absolute atomic E-state index is 0.581. The molecule has 1 heteroatoms. The van der Waals surface area contributed by atoms with Gasteiger partial charge in [-0.1, -0.05) is 63.3 Å². The Hall–Kier alpha value is -2.67. The molecule has 0 bridgehead atoms. The summed E-state index contributed by atoms with van der Waals surface area (Å²) >= 11 is 0. The molecular formula is C28H31N. The van der Waals surface area contributed by atoms with Gasteiger partial charge >= 0.3 is 0 Å². The molecule has 0 N–H and O–H groups in total. The summed E-state index contributed by atoms with van der Waals surface area (Å²) in [5.41, 5.74) is 9.42. The van der Waals surface area contributed by atoms with E-state index in [0.29, 0.717) is 5.92 Å². The van der Waals surface area contributed by atoms with E-state index in [1.54, 1.807) is 0 Å². The summed E-state index contributed by atoms with van der Waals surface area (Å²) in [6.07, 6.45) is 10.4. The van der Waals surface area contributed by atoms with Crippen molar-refractivity contribution < 1.29 is 0 Å². The summed E-state index contributed by atoms with van der Waals surface area (Å²) in [4.78, 5) is 4.52. The number of hydrogen-bond donors (Lipinski definition) is 0. The van der Waals surface area contributed by atoms with Crippen LogP contribution in [0.3, 0.4) is 0 Å². The molecule has 1 nitrogen and oxygen atoms in total. The normalized spacial score (nSPS) is 18.6. The average molecular weight is 382 g/mol. The van der Waals surface area contributed by atoms with Crippen LogP contribution in [-0.4, -0.2) is 4.98 Å². The molecule has 1 heterocycles. The molecule has 29 heavy (non-hydrogen) atoms. The fourth-order valence-corrected chi connectivity index (χ4v) is 4.25. The zero-order chi connectivity index (χ0) is 20.4. The number of nitrogens with zero attached hydrogens (tertiary/aromatic N) is 1. The summed E-state index contributed by atoms with van der Waals surface area (Å²) in [5.74, 6) is 1.37. The molecule has 0 radical (unpaired) electrons. The number of aromatic nitrogens is 1. The summed E-state index contributed by atoms with van der Waals surface area (Å²) in [5, 5.41) is 1.25. The maximum atomic E-state index is 4.52. The molecule has 148 valence electrons. The topological polar surface area (TPSA) is 12.9 Å². The third kappa shape index (κ3) is 4.05. The molecule has 1 atom stereocenters. The van der Waals surface area contributed by atoms with E-state index in [1.807, 2.05) is 20.0 Å². The van der Waals surface area contributed by atoms with Crippen molar-refractivity contribution in [1.29, 1.82) is 0 Å². The maximum Gasteiger partial charge on any atom is 0.0705 e. The number of fused-ring (bicyclic) bond motifs is 1. The smallest absolute Gasteiger partial charge is 0.0705 e. The van der Waals surface area contributed by atoms with Crippen LogP contribution in [0.5, 0.6) is 0 Å².